The third kappa shape index (κ3) is 4.58. The molecule has 0 saturated carbocycles. The van der Waals surface area contributed by atoms with Gasteiger partial charge in [0.2, 0.25) is 0 Å². The highest BCUT2D eigenvalue weighted by Gasteiger charge is 2.17. The van der Waals surface area contributed by atoms with Crippen LogP contribution in [-0.2, 0) is 10.5 Å². The zero-order chi connectivity index (χ0) is 24.2. The molecule has 0 fully saturated rings. The highest BCUT2D eigenvalue weighted by Crippen LogP contribution is 2.30. The van der Waals surface area contributed by atoms with Crippen molar-refractivity contribution in [3.63, 3.8) is 0 Å². The first-order chi connectivity index (χ1) is 16.4. The van der Waals surface area contributed by atoms with Crippen LogP contribution in [0.15, 0.2) is 76.7 Å². The second kappa shape index (κ2) is 9.93. The van der Waals surface area contributed by atoms with Gasteiger partial charge in [0, 0.05) is 16.9 Å². The van der Waals surface area contributed by atoms with Gasteiger partial charge in [0.25, 0.3) is 5.56 Å². The quantitative estimate of drug-likeness (QED) is 0.166. The van der Waals surface area contributed by atoms with Crippen molar-refractivity contribution < 1.29 is 19.1 Å². The van der Waals surface area contributed by atoms with E-state index in [9.17, 15) is 14.4 Å². The van der Waals surface area contributed by atoms with Gasteiger partial charge in [-0.25, -0.2) is 9.78 Å². The molecule has 1 aromatic heterocycles. The molecule has 0 unspecified atom stereocenters. The lowest BCUT2D eigenvalue weighted by Crippen LogP contribution is -2.22. The van der Waals surface area contributed by atoms with E-state index in [1.807, 2.05) is 30.3 Å². The summed E-state index contributed by atoms with van der Waals surface area (Å²) in [7, 11) is 2.87. The van der Waals surface area contributed by atoms with E-state index in [2.05, 4.69) is 0 Å². The Morgan fingerprint density at radius 3 is 2.38 bits per heavy atom. The molecule has 0 radical (unpaired) electrons. The number of benzene rings is 3. The Morgan fingerprint density at radius 1 is 0.971 bits per heavy atom. The second-order valence-electron chi connectivity index (χ2n) is 7.47. The van der Waals surface area contributed by atoms with Crippen molar-refractivity contribution in [2.75, 3.05) is 14.2 Å². The summed E-state index contributed by atoms with van der Waals surface area (Å²) in [4.78, 5) is 42.1. The molecule has 0 N–H and O–H groups in total. The van der Waals surface area contributed by atoms with Gasteiger partial charge in [0.15, 0.2) is 10.9 Å². The molecule has 4 rings (SSSR count). The van der Waals surface area contributed by atoms with Gasteiger partial charge in [-0.05, 0) is 55.5 Å². The number of fused-ring (bicyclic) bond motifs is 1. The average molecular weight is 475 g/mol. The minimum Gasteiger partial charge on any atom is -0.496 e. The monoisotopic (exact) mass is 474 g/mol. The number of ketones is 1. The Kier molecular flexibility index (Phi) is 6.79. The summed E-state index contributed by atoms with van der Waals surface area (Å²) < 4.78 is 11.8. The minimum atomic E-state index is -0.504. The number of esters is 1. The van der Waals surface area contributed by atoms with Gasteiger partial charge in [0.1, 0.15) is 5.75 Å². The van der Waals surface area contributed by atoms with Crippen LogP contribution in [0.3, 0.4) is 0 Å². The van der Waals surface area contributed by atoms with Crippen LogP contribution in [0.1, 0.15) is 33.2 Å². The SMILES string of the molecule is COC(=O)c1ccc2c(=O)n(-c3ccccc3)c(SCc3cc(C(C)=O)ccc3OC)nc2c1. The summed E-state index contributed by atoms with van der Waals surface area (Å²) >= 11 is 1.34. The minimum absolute atomic E-state index is 0.0470. The molecule has 0 spiro atoms. The predicted molar refractivity (Wildman–Crippen MR) is 131 cm³/mol. The number of carbonyl (C=O) groups excluding carboxylic acids is 2. The summed E-state index contributed by atoms with van der Waals surface area (Å²) in [5.74, 6) is 0.497. The molecule has 0 atom stereocenters. The maximum atomic E-state index is 13.5. The summed E-state index contributed by atoms with van der Waals surface area (Å²) in [6.07, 6.45) is 0. The number of para-hydroxylation sites is 1. The van der Waals surface area contributed by atoms with Crippen molar-refractivity contribution >= 4 is 34.4 Å². The Morgan fingerprint density at radius 2 is 1.71 bits per heavy atom. The lowest BCUT2D eigenvalue weighted by atomic mass is 10.1. The first-order valence-corrected chi connectivity index (χ1v) is 11.4. The fraction of sp³-hybridized carbons (Fsp3) is 0.154. The van der Waals surface area contributed by atoms with Crippen LogP contribution in [0, 0.1) is 0 Å². The normalized spacial score (nSPS) is 10.8. The van der Waals surface area contributed by atoms with Crippen LogP contribution in [0.5, 0.6) is 5.75 Å². The van der Waals surface area contributed by atoms with E-state index < -0.39 is 5.97 Å². The van der Waals surface area contributed by atoms with Crippen molar-refractivity contribution in [3.05, 3.63) is 93.8 Å². The Bertz CT molecular complexity index is 1450. The van der Waals surface area contributed by atoms with E-state index in [0.29, 0.717) is 44.4 Å². The molecular formula is C26H22N2O5S. The molecule has 0 aliphatic heterocycles. The zero-order valence-corrected chi connectivity index (χ0v) is 19.7. The molecule has 7 nitrogen and oxygen atoms in total. The van der Waals surface area contributed by atoms with Crippen molar-refractivity contribution in [1.29, 1.82) is 0 Å². The highest BCUT2D eigenvalue weighted by molar-refractivity contribution is 7.98. The van der Waals surface area contributed by atoms with Gasteiger partial charge in [0.05, 0.1) is 36.4 Å². The molecule has 1 heterocycles. The van der Waals surface area contributed by atoms with Crippen LogP contribution < -0.4 is 10.3 Å². The van der Waals surface area contributed by atoms with E-state index >= 15 is 0 Å². The van der Waals surface area contributed by atoms with Gasteiger partial charge in [-0.1, -0.05) is 30.0 Å². The lowest BCUT2D eigenvalue weighted by Gasteiger charge is -2.15. The number of hydrogen-bond donors (Lipinski definition) is 0. The highest BCUT2D eigenvalue weighted by atomic mass is 32.2. The van der Waals surface area contributed by atoms with Crippen molar-refractivity contribution in [2.45, 2.75) is 17.8 Å². The number of nitrogens with zero attached hydrogens (tertiary/aromatic N) is 2. The number of ether oxygens (including phenoxy) is 2. The predicted octanol–water partition coefficient (Wildman–Crippen LogP) is 4.68. The topological polar surface area (TPSA) is 87.5 Å². The molecule has 0 aliphatic rings. The smallest absolute Gasteiger partial charge is 0.337 e. The Balaban J connectivity index is 1.85. The van der Waals surface area contributed by atoms with Crippen molar-refractivity contribution in [2.24, 2.45) is 0 Å². The van der Waals surface area contributed by atoms with Crippen LogP contribution >= 0.6 is 11.8 Å². The maximum absolute atomic E-state index is 13.5. The second-order valence-corrected chi connectivity index (χ2v) is 8.41. The van der Waals surface area contributed by atoms with E-state index in [1.54, 1.807) is 48.1 Å². The van der Waals surface area contributed by atoms with E-state index in [-0.39, 0.29) is 11.3 Å². The molecule has 0 saturated heterocycles. The van der Waals surface area contributed by atoms with Crippen LogP contribution in [0.2, 0.25) is 0 Å². The number of aromatic nitrogens is 2. The molecule has 0 aliphatic carbocycles. The largest absolute Gasteiger partial charge is 0.496 e. The summed E-state index contributed by atoms with van der Waals surface area (Å²) in [6, 6.07) is 19.2. The van der Waals surface area contributed by atoms with Crippen LogP contribution in [0.4, 0.5) is 0 Å². The van der Waals surface area contributed by atoms with Gasteiger partial charge < -0.3 is 9.47 Å². The first-order valence-electron chi connectivity index (χ1n) is 10.4. The number of carbonyl (C=O) groups is 2. The number of rotatable bonds is 7. The van der Waals surface area contributed by atoms with Crippen molar-refractivity contribution in [3.8, 4) is 11.4 Å². The number of thioether (sulfide) groups is 1. The Hall–Kier alpha value is -3.91. The summed E-state index contributed by atoms with van der Waals surface area (Å²) in [5, 5.41) is 0.831. The third-order valence-corrected chi connectivity index (χ3v) is 6.31. The number of hydrogen-bond acceptors (Lipinski definition) is 7. The molecule has 4 aromatic rings. The van der Waals surface area contributed by atoms with Gasteiger partial charge in [-0.2, -0.15) is 0 Å². The maximum Gasteiger partial charge on any atom is 0.337 e. The molecule has 172 valence electrons. The number of methoxy groups -OCH3 is 2. The Labute approximate surface area is 200 Å². The molecule has 0 bridgehead atoms. The van der Waals surface area contributed by atoms with Crippen molar-refractivity contribution in [1.82, 2.24) is 9.55 Å². The lowest BCUT2D eigenvalue weighted by molar-refractivity contribution is 0.0600. The standard InChI is InChI=1S/C26H22N2O5S/c1-16(29)17-10-12-23(32-2)19(13-17)15-34-26-27-22-14-18(25(31)33-3)9-11-21(22)24(30)28(26)20-7-5-4-6-8-20/h4-14H,15H2,1-3H3. The molecule has 0 amide bonds. The van der Waals surface area contributed by atoms with Crippen LogP contribution in [0.25, 0.3) is 16.6 Å². The van der Waals surface area contributed by atoms with Gasteiger partial charge in [-0.3, -0.25) is 14.2 Å². The van der Waals surface area contributed by atoms with Gasteiger partial charge >= 0.3 is 5.97 Å². The molecular weight excluding hydrogens is 452 g/mol. The molecule has 8 heteroatoms. The summed E-state index contributed by atoms with van der Waals surface area (Å²) in [5.41, 5.74) is 2.51. The molecule has 34 heavy (non-hydrogen) atoms. The fourth-order valence-electron chi connectivity index (χ4n) is 3.56. The van der Waals surface area contributed by atoms with E-state index in [4.69, 9.17) is 14.5 Å². The van der Waals surface area contributed by atoms with Gasteiger partial charge in [-0.15, -0.1) is 0 Å². The summed E-state index contributed by atoms with van der Waals surface area (Å²) in [6.45, 7) is 1.51. The molecule has 3 aromatic carbocycles. The zero-order valence-electron chi connectivity index (χ0n) is 18.9. The van der Waals surface area contributed by atoms with Crippen LogP contribution in [-0.4, -0.2) is 35.5 Å². The number of Topliss-reactive ketones (excluding diaryl/α,β-unsaturated/α-hetero) is 1. The third-order valence-electron chi connectivity index (χ3n) is 5.32. The fourth-order valence-corrected chi connectivity index (χ4v) is 4.55. The first kappa shape index (κ1) is 23.3. The average Bonchev–Trinajstić information content (AvgIpc) is 2.86. The van der Waals surface area contributed by atoms with E-state index in [0.717, 1.165) is 5.56 Å². The van der Waals surface area contributed by atoms with E-state index in [1.165, 1.54) is 25.8 Å².